The van der Waals surface area contributed by atoms with Gasteiger partial charge >= 0.3 is 5.97 Å². The van der Waals surface area contributed by atoms with E-state index in [9.17, 15) is 9.59 Å². The summed E-state index contributed by atoms with van der Waals surface area (Å²) in [7, 11) is 1.76. The number of thiophene rings is 1. The van der Waals surface area contributed by atoms with E-state index in [2.05, 4.69) is 10.4 Å². The molecule has 1 amide bonds. The Morgan fingerprint density at radius 1 is 1.42 bits per heavy atom. The molecule has 0 atom stereocenters. The van der Waals surface area contributed by atoms with Crippen molar-refractivity contribution >= 4 is 28.2 Å². The third-order valence-electron chi connectivity index (χ3n) is 2.86. The molecule has 0 aliphatic heterocycles. The number of carbonyl (C=O) groups excluding carboxylic acids is 1. The van der Waals surface area contributed by atoms with Gasteiger partial charge in [-0.3, -0.25) is 9.48 Å². The zero-order valence-electron chi connectivity index (χ0n) is 10.7. The average Bonchev–Trinajstić information content (AvgIpc) is 2.85. The molecule has 0 saturated carbocycles. The van der Waals surface area contributed by atoms with Crippen molar-refractivity contribution in [3.63, 3.8) is 0 Å². The molecule has 100 valence electrons. The van der Waals surface area contributed by atoms with Crippen LogP contribution in [0.5, 0.6) is 0 Å². The van der Waals surface area contributed by atoms with E-state index in [1.54, 1.807) is 31.0 Å². The van der Waals surface area contributed by atoms with Crippen molar-refractivity contribution in [2.75, 3.05) is 5.32 Å². The highest BCUT2D eigenvalue weighted by molar-refractivity contribution is 7.14. The minimum Gasteiger partial charge on any atom is -0.478 e. The molecule has 2 rings (SSSR count). The lowest BCUT2D eigenvalue weighted by atomic mass is 10.2. The Morgan fingerprint density at radius 3 is 2.63 bits per heavy atom. The summed E-state index contributed by atoms with van der Waals surface area (Å²) in [5, 5.41) is 17.7. The number of amides is 1. The number of nitrogens with one attached hydrogen (secondary N) is 1. The molecule has 0 aromatic carbocycles. The van der Waals surface area contributed by atoms with Crippen LogP contribution in [-0.2, 0) is 7.05 Å². The standard InChI is InChI=1S/C12H13N3O3S/c1-6-9(7(2)15(3)14-6)10(16)13-11-8(12(17)18)4-5-19-11/h4-5H,1-3H3,(H,13,16)(H,17,18). The lowest BCUT2D eigenvalue weighted by molar-refractivity contribution is 0.0698. The molecule has 0 bridgehead atoms. The maximum atomic E-state index is 12.2. The van der Waals surface area contributed by atoms with E-state index < -0.39 is 5.97 Å². The SMILES string of the molecule is Cc1nn(C)c(C)c1C(=O)Nc1sccc1C(=O)O. The van der Waals surface area contributed by atoms with Crippen molar-refractivity contribution < 1.29 is 14.7 Å². The van der Waals surface area contributed by atoms with Gasteiger partial charge in [-0.15, -0.1) is 11.3 Å². The van der Waals surface area contributed by atoms with Crippen LogP contribution in [0.3, 0.4) is 0 Å². The molecule has 0 saturated heterocycles. The first-order valence-electron chi connectivity index (χ1n) is 5.54. The van der Waals surface area contributed by atoms with Crippen LogP contribution in [0.25, 0.3) is 0 Å². The second-order valence-electron chi connectivity index (χ2n) is 4.09. The predicted molar refractivity (Wildman–Crippen MR) is 71.9 cm³/mol. The normalized spacial score (nSPS) is 10.5. The fraction of sp³-hybridized carbons (Fsp3) is 0.250. The number of anilines is 1. The van der Waals surface area contributed by atoms with E-state index in [-0.39, 0.29) is 11.5 Å². The van der Waals surface area contributed by atoms with Gasteiger partial charge in [-0.1, -0.05) is 0 Å². The number of aromatic nitrogens is 2. The molecule has 0 aliphatic carbocycles. The van der Waals surface area contributed by atoms with E-state index in [0.29, 0.717) is 16.3 Å². The molecule has 2 N–H and O–H groups in total. The maximum absolute atomic E-state index is 12.2. The monoisotopic (exact) mass is 279 g/mol. The van der Waals surface area contributed by atoms with Crippen molar-refractivity contribution in [1.82, 2.24) is 9.78 Å². The van der Waals surface area contributed by atoms with E-state index in [0.717, 1.165) is 5.69 Å². The van der Waals surface area contributed by atoms with E-state index in [1.807, 2.05) is 0 Å². The highest BCUT2D eigenvalue weighted by atomic mass is 32.1. The number of carboxylic acids is 1. The van der Waals surface area contributed by atoms with Gasteiger partial charge in [0, 0.05) is 12.7 Å². The van der Waals surface area contributed by atoms with Gasteiger partial charge in [0.15, 0.2) is 0 Å². The van der Waals surface area contributed by atoms with Gasteiger partial charge in [0.2, 0.25) is 0 Å². The zero-order chi connectivity index (χ0) is 14.2. The van der Waals surface area contributed by atoms with Gasteiger partial charge in [-0.05, 0) is 25.3 Å². The maximum Gasteiger partial charge on any atom is 0.338 e. The van der Waals surface area contributed by atoms with Crippen molar-refractivity contribution in [2.24, 2.45) is 7.05 Å². The van der Waals surface area contributed by atoms with Gasteiger partial charge in [0.1, 0.15) is 5.00 Å². The Kier molecular flexibility index (Phi) is 3.39. The third kappa shape index (κ3) is 2.37. The van der Waals surface area contributed by atoms with Gasteiger partial charge in [-0.2, -0.15) is 5.10 Å². The van der Waals surface area contributed by atoms with Crippen molar-refractivity contribution in [3.05, 3.63) is 34.0 Å². The lowest BCUT2D eigenvalue weighted by Gasteiger charge is -2.04. The fourth-order valence-electron chi connectivity index (χ4n) is 1.84. The summed E-state index contributed by atoms with van der Waals surface area (Å²) in [6.07, 6.45) is 0. The molecule has 2 heterocycles. The van der Waals surface area contributed by atoms with Crippen molar-refractivity contribution in [1.29, 1.82) is 0 Å². The summed E-state index contributed by atoms with van der Waals surface area (Å²) < 4.78 is 1.62. The van der Waals surface area contributed by atoms with Crippen LogP contribution < -0.4 is 5.32 Å². The molecule has 0 aliphatic rings. The molecule has 0 fully saturated rings. The number of hydrogen-bond donors (Lipinski definition) is 2. The van der Waals surface area contributed by atoms with Gasteiger partial charge in [-0.25, -0.2) is 4.79 Å². The van der Waals surface area contributed by atoms with Gasteiger partial charge < -0.3 is 10.4 Å². The minimum absolute atomic E-state index is 0.0950. The number of hydrogen-bond acceptors (Lipinski definition) is 4. The number of nitrogens with zero attached hydrogens (tertiary/aromatic N) is 2. The van der Waals surface area contributed by atoms with Crippen LogP contribution in [0.2, 0.25) is 0 Å². The van der Waals surface area contributed by atoms with Crippen LogP contribution in [-0.4, -0.2) is 26.8 Å². The number of carboxylic acid groups (broad SMARTS) is 1. The smallest absolute Gasteiger partial charge is 0.338 e. The number of aryl methyl sites for hydroxylation is 2. The summed E-state index contributed by atoms with van der Waals surface area (Å²) in [5.74, 6) is -1.40. The van der Waals surface area contributed by atoms with Crippen LogP contribution in [0.1, 0.15) is 32.1 Å². The van der Waals surface area contributed by atoms with E-state index in [1.165, 1.54) is 17.4 Å². The first-order chi connectivity index (χ1) is 8.91. The van der Waals surface area contributed by atoms with Crippen molar-refractivity contribution in [2.45, 2.75) is 13.8 Å². The first kappa shape index (κ1) is 13.3. The number of aromatic carboxylic acids is 1. The molecule has 7 heteroatoms. The topological polar surface area (TPSA) is 84.2 Å². The molecule has 2 aromatic heterocycles. The number of rotatable bonds is 3. The third-order valence-corrected chi connectivity index (χ3v) is 3.69. The van der Waals surface area contributed by atoms with Gasteiger partial charge in [0.25, 0.3) is 5.91 Å². The predicted octanol–water partition coefficient (Wildman–Crippen LogP) is 2.05. The minimum atomic E-state index is -1.06. The Labute approximate surface area is 113 Å². The Morgan fingerprint density at radius 2 is 2.11 bits per heavy atom. The largest absolute Gasteiger partial charge is 0.478 e. The Bertz CT molecular complexity index is 657. The van der Waals surface area contributed by atoms with Crippen LogP contribution in [0.15, 0.2) is 11.4 Å². The molecule has 0 unspecified atom stereocenters. The molecule has 2 aromatic rings. The van der Waals surface area contributed by atoms with Crippen LogP contribution in [0, 0.1) is 13.8 Å². The Hall–Kier alpha value is -2.15. The van der Waals surface area contributed by atoms with Crippen LogP contribution in [0.4, 0.5) is 5.00 Å². The molecular weight excluding hydrogens is 266 g/mol. The highest BCUT2D eigenvalue weighted by Gasteiger charge is 2.20. The first-order valence-corrected chi connectivity index (χ1v) is 6.42. The summed E-state index contributed by atoms with van der Waals surface area (Å²) >= 11 is 1.18. The molecule has 6 nitrogen and oxygen atoms in total. The van der Waals surface area contributed by atoms with E-state index >= 15 is 0 Å². The summed E-state index contributed by atoms with van der Waals surface area (Å²) in [6, 6.07) is 1.46. The summed E-state index contributed by atoms with van der Waals surface area (Å²) in [6.45, 7) is 3.54. The fourth-order valence-corrected chi connectivity index (χ4v) is 2.62. The van der Waals surface area contributed by atoms with Gasteiger partial charge in [0.05, 0.1) is 16.8 Å². The highest BCUT2D eigenvalue weighted by Crippen LogP contribution is 2.24. The molecule has 19 heavy (non-hydrogen) atoms. The average molecular weight is 279 g/mol. The molecule has 0 radical (unpaired) electrons. The van der Waals surface area contributed by atoms with Crippen LogP contribution >= 0.6 is 11.3 Å². The van der Waals surface area contributed by atoms with E-state index in [4.69, 9.17) is 5.11 Å². The summed E-state index contributed by atoms with van der Waals surface area (Å²) in [5.41, 5.74) is 1.93. The Balaban J connectivity index is 2.31. The number of carbonyl (C=O) groups is 2. The zero-order valence-corrected chi connectivity index (χ0v) is 11.5. The van der Waals surface area contributed by atoms with Crippen molar-refractivity contribution in [3.8, 4) is 0 Å². The molecule has 0 spiro atoms. The lowest BCUT2D eigenvalue weighted by Crippen LogP contribution is -2.15. The molecular formula is C12H13N3O3S. The second kappa shape index (κ2) is 4.85. The summed E-state index contributed by atoms with van der Waals surface area (Å²) in [4.78, 5) is 23.2. The second-order valence-corrected chi connectivity index (χ2v) is 5.01. The quantitative estimate of drug-likeness (QED) is 0.900.